The van der Waals surface area contributed by atoms with Gasteiger partial charge in [-0.15, -0.1) is 0 Å². The molecule has 2 aromatic rings. The van der Waals surface area contributed by atoms with Crippen molar-refractivity contribution in [1.29, 1.82) is 0 Å². The molecule has 1 N–H and O–H groups in total. The minimum Gasteiger partial charge on any atom is -0.497 e. The summed E-state index contributed by atoms with van der Waals surface area (Å²) < 4.78 is 5.16. The van der Waals surface area contributed by atoms with E-state index in [-0.39, 0.29) is 37.1 Å². The van der Waals surface area contributed by atoms with Crippen LogP contribution in [0.4, 0.5) is 0 Å². The van der Waals surface area contributed by atoms with E-state index < -0.39 is 0 Å². The van der Waals surface area contributed by atoms with Gasteiger partial charge in [-0.05, 0) is 35.4 Å². The highest BCUT2D eigenvalue weighted by Gasteiger charge is 2.28. The standard InChI is InChI=1S/C20H20N2O4/c1-26-17-4-2-3-15(11-17)12-21-20(25)16-7-5-14(6-8-16)13-22-18(23)9-10-19(22)24/h2-8,11H,9-10,12-13H2,1H3,(H,21,25). The van der Waals surface area contributed by atoms with Crippen LogP contribution in [-0.4, -0.2) is 29.7 Å². The summed E-state index contributed by atoms with van der Waals surface area (Å²) in [5.41, 5.74) is 2.29. The molecule has 0 aromatic heterocycles. The van der Waals surface area contributed by atoms with Crippen molar-refractivity contribution in [2.75, 3.05) is 7.11 Å². The van der Waals surface area contributed by atoms with Crippen molar-refractivity contribution in [2.45, 2.75) is 25.9 Å². The van der Waals surface area contributed by atoms with Gasteiger partial charge in [0.25, 0.3) is 5.91 Å². The van der Waals surface area contributed by atoms with Crippen LogP contribution >= 0.6 is 0 Å². The molecule has 0 atom stereocenters. The van der Waals surface area contributed by atoms with Crippen LogP contribution in [0.5, 0.6) is 5.75 Å². The quantitative estimate of drug-likeness (QED) is 0.809. The lowest BCUT2D eigenvalue weighted by molar-refractivity contribution is -0.139. The summed E-state index contributed by atoms with van der Waals surface area (Å²) in [4.78, 5) is 36.9. The van der Waals surface area contributed by atoms with E-state index in [2.05, 4.69) is 5.32 Å². The predicted molar refractivity (Wildman–Crippen MR) is 95.4 cm³/mol. The van der Waals surface area contributed by atoms with E-state index in [0.29, 0.717) is 12.1 Å². The van der Waals surface area contributed by atoms with Gasteiger partial charge in [0.15, 0.2) is 0 Å². The molecule has 1 saturated heterocycles. The molecule has 3 amide bonds. The van der Waals surface area contributed by atoms with E-state index >= 15 is 0 Å². The Morgan fingerprint density at radius 1 is 1.04 bits per heavy atom. The normalized spacial score (nSPS) is 13.8. The molecule has 0 radical (unpaired) electrons. The Balaban J connectivity index is 1.58. The lowest BCUT2D eigenvalue weighted by Gasteiger charge is -2.14. The van der Waals surface area contributed by atoms with Gasteiger partial charge in [0.05, 0.1) is 13.7 Å². The number of hydrogen-bond acceptors (Lipinski definition) is 4. The average Bonchev–Trinajstić information content (AvgIpc) is 2.99. The topological polar surface area (TPSA) is 75.7 Å². The molecule has 134 valence electrons. The molecule has 0 spiro atoms. The van der Waals surface area contributed by atoms with Crippen molar-refractivity contribution in [3.05, 3.63) is 65.2 Å². The first-order valence-electron chi connectivity index (χ1n) is 8.40. The predicted octanol–water partition coefficient (Wildman–Crippen LogP) is 2.27. The average molecular weight is 352 g/mol. The maximum atomic E-state index is 12.3. The first kappa shape index (κ1) is 17.7. The number of rotatable bonds is 6. The van der Waals surface area contributed by atoms with Gasteiger partial charge in [-0.2, -0.15) is 0 Å². The van der Waals surface area contributed by atoms with Gasteiger partial charge < -0.3 is 10.1 Å². The Bertz CT molecular complexity index is 814. The summed E-state index contributed by atoms with van der Waals surface area (Å²) in [5.74, 6) is 0.269. The maximum Gasteiger partial charge on any atom is 0.251 e. The summed E-state index contributed by atoms with van der Waals surface area (Å²) in [6.45, 7) is 0.651. The van der Waals surface area contributed by atoms with Crippen LogP contribution in [0.25, 0.3) is 0 Å². The molecule has 6 nitrogen and oxygen atoms in total. The number of ether oxygens (including phenoxy) is 1. The number of imide groups is 1. The fourth-order valence-electron chi connectivity index (χ4n) is 2.81. The fraction of sp³-hybridized carbons (Fsp3) is 0.250. The first-order chi connectivity index (χ1) is 12.6. The van der Waals surface area contributed by atoms with Crippen molar-refractivity contribution in [1.82, 2.24) is 10.2 Å². The third-order valence-electron chi connectivity index (χ3n) is 4.30. The van der Waals surface area contributed by atoms with Crippen LogP contribution in [0.2, 0.25) is 0 Å². The van der Waals surface area contributed by atoms with Gasteiger partial charge in [0.2, 0.25) is 11.8 Å². The molecule has 3 rings (SSSR count). The Kier molecular flexibility index (Phi) is 5.31. The van der Waals surface area contributed by atoms with Crippen LogP contribution in [0.3, 0.4) is 0 Å². The van der Waals surface area contributed by atoms with Crippen molar-refractivity contribution in [3.8, 4) is 5.75 Å². The number of methoxy groups -OCH3 is 1. The van der Waals surface area contributed by atoms with Crippen LogP contribution in [0, 0.1) is 0 Å². The van der Waals surface area contributed by atoms with E-state index in [1.165, 1.54) is 4.90 Å². The van der Waals surface area contributed by atoms with Gasteiger partial charge in [-0.25, -0.2) is 0 Å². The summed E-state index contributed by atoms with van der Waals surface area (Å²) in [6, 6.07) is 14.4. The second kappa shape index (κ2) is 7.82. The second-order valence-corrected chi connectivity index (χ2v) is 6.10. The summed E-state index contributed by atoms with van der Waals surface area (Å²) >= 11 is 0. The van der Waals surface area contributed by atoms with E-state index in [4.69, 9.17) is 4.74 Å². The van der Waals surface area contributed by atoms with Crippen LogP contribution < -0.4 is 10.1 Å². The molecule has 26 heavy (non-hydrogen) atoms. The molecule has 1 heterocycles. The molecule has 0 bridgehead atoms. The molecule has 0 unspecified atom stereocenters. The Morgan fingerprint density at radius 2 is 1.73 bits per heavy atom. The number of carbonyl (C=O) groups is 3. The number of carbonyl (C=O) groups excluding carboxylic acids is 3. The number of benzene rings is 2. The largest absolute Gasteiger partial charge is 0.497 e. The number of hydrogen-bond donors (Lipinski definition) is 1. The van der Waals surface area contributed by atoms with Crippen molar-refractivity contribution in [2.24, 2.45) is 0 Å². The van der Waals surface area contributed by atoms with E-state index in [9.17, 15) is 14.4 Å². The van der Waals surface area contributed by atoms with Crippen molar-refractivity contribution in [3.63, 3.8) is 0 Å². The summed E-state index contributed by atoms with van der Waals surface area (Å²) in [6.07, 6.45) is 0.563. The Labute approximate surface area is 151 Å². The zero-order valence-corrected chi connectivity index (χ0v) is 14.5. The highest BCUT2D eigenvalue weighted by molar-refractivity contribution is 6.01. The number of likely N-dealkylation sites (tertiary alicyclic amines) is 1. The fourth-order valence-corrected chi connectivity index (χ4v) is 2.81. The minimum absolute atomic E-state index is 0.143. The first-order valence-corrected chi connectivity index (χ1v) is 8.40. The lowest BCUT2D eigenvalue weighted by Crippen LogP contribution is -2.28. The molecule has 1 aliphatic heterocycles. The van der Waals surface area contributed by atoms with Crippen LogP contribution in [-0.2, 0) is 22.7 Å². The highest BCUT2D eigenvalue weighted by Crippen LogP contribution is 2.16. The molecule has 2 aromatic carbocycles. The van der Waals surface area contributed by atoms with Gasteiger partial charge in [0.1, 0.15) is 5.75 Å². The number of nitrogens with zero attached hydrogens (tertiary/aromatic N) is 1. The van der Waals surface area contributed by atoms with E-state index in [1.54, 1.807) is 31.4 Å². The van der Waals surface area contributed by atoms with E-state index in [0.717, 1.165) is 16.9 Å². The molecular formula is C20H20N2O4. The van der Waals surface area contributed by atoms with Gasteiger partial charge >= 0.3 is 0 Å². The number of amides is 3. The third-order valence-corrected chi connectivity index (χ3v) is 4.30. The molecule has 1 aliphatic rings. The zero-order valence-electron chi connectivity index (χ0n) is 14.5. The molecule has 6 heteroatoms. The molecule has 1 fully saturated rings. The van der Waals surface area contributed by atoms with Gasteiger partial charge in [0, 0.05) is 24.9 Å². The highest BCUT2D eigenvalue weighted by atomic mass is 16.5. The molecule has 0 aliphatic carbocycles. The second-order valence-electron chi connectivity index (χ2n) is 6.10. The smallest absolute Gasteiger partial charge is 0.251 e. The maximum absolute atomic E-state index is 12.3. The SMILES string of the molecule is COc1cccc(CNC(=O)c2ccc(CN3C(=O)CCC3=O)cc2)c1. The number of nitrogens with one attached hydrogen (secondary N) is 1. The molecular weight excluding hydrogens is 332 g/mol. The van der Waals surface area contributed by atoms with Crippen LogP contribution in [0.15, 0.2) is 48.5 Å². The van der Waals surface area contributed by atoms with Crippen molar-refractivity contribution < 1.29 is 19.1 Å². The minimum atomic E-state index is -0.187. The monoisotopic (exact) mass is 352 g/mol. The summed E-state index contributed by atoms with van der Waals surface area (Å²) in [7, 11) is 1.60. The Morgan fingerprint density at radius 3 is 2.38 bits per heavy atom. The van der Waals surface area contributed by atoms with Crippen molar-refractivity contribution >= 4 is 17.7 Å². The van der Waals surface area contributed by atoms with Gasteiger partial charge in [-0.3, -0.25) is 19.3 Å². The van der Waals surface area contributed by atoms with Gasteiger partial charge in [-0.1, -0.05) is 24.3 Å². The molecule has 0 saturated carbocycles. The Hall–Kier alpha value is -3.15. The zero-order chi connectivity index (χ0) is 18.5. The summed E-state index contributed by atoms with van der Waals surface area (Å²) in [5, 5.41) is 2.86. The third kappa shape index (κ3) is 4.08. The lowest BCUT2D eigenvalue weighted by atomic mass is 10.1. The van der Waals surface area contributed by atoms with Crippen LogP contribution in [0.1, 0.15) is 34.3 Å². The van der Waals surface area contributed by atoms with E-state index in [1.807, 2.05) is 24.3 Å².